The van der Waals surface area contributed by atoms with Crippen molar-refractivity contribution in [3.63, 3.8) is 0 Å². The van der Waals surface area contributed by atoms with E-state index in [1.807, 2.05) is 30.3 Å². The average Bonchev–Trinajstić information content (AvgIpc) is 3.02. The molecule has 0 aliphatic rings. The second kappa shape index (κ2) is 7.93. The van der Waals surface area contributed by atoms with Crippen LogP contribution in [-0.2, 0) is 18.7 Å². The molecule has 5 nitrogen and oxygen atoms in total. The van der Waals surface area contributed by atoms with Crippen LogP contribution in [0.15, 0.2) is 34.7 Å². The molecule has 0 aliphatic heterocycles. The van der Waals surface area contributed by atoms with Crippen molar-refractivity contribution < 1.29 is 19.0 Å². The highest BCUT2D eigenvalue weighted by atomic mass is 16.5. The van der Waals surface area contributed by atoms with Crippen molar-refractivity contribution in [2.45, 2.75) is 52.4 Å². The molecular formula is C20H29NO4. The Morgan fingerprint density at radius 2 is 1.64 bits per heavy atom. The number of aliphatic hydroxyl groups is 1. The lowest BCUT2D eigenvalue weighted by Crippen LogP contribution is -2.29. The van der Waals surface area contributed by atoms with Crippen molar-refractivity contribution >= 4 is 0 Å². The summed E-state index contributed by atoms with van der Waals surface area (Å²) < 4.78 is 16.5. The summed E-state index contributed by atoms with van der Waals surface area (Å²) >= 11 is 0. The molecule has 1 aromatic heterocycles. The van der Waals surface area contributed by atoms with Gasteiger partial charge in [0, 0.05) is 18.7 Å². The Balaban J connectivity index is 2.17. The van der Waals surface area contributed by atoms with Gasteiger partial charge in [0.25, 0.3) is 0 Å². The zero-order chi connectivity index (χ0) is 18.6. The number of ether oxygens (including phenoxy) is 2. The van der Waals surface area contributed by atoms with E-state index in [0.717, 1.165) is 29.4 Å². The predicted octanol–water partition coefficient (Wildman–Crippen LogP) is 3.93. The number of rotatable bonds is 8. The van der Waals surface area contributed by atoms with E-state index in [0.29, 0.717) is 18.3 Å². The predicted molar refractivity (Wildman–Crippen MR) is 97.9 cm³/mol. The van der Waals surface area contributed by atoms with Gasteiger partial charge in [-0.05, 0) is 57.5 Å². The summed E-state index contributed by atoms with van der Waals surface area (Å²) in [4.78, 5) is 2.29. The van der Waals surface area contributed by atoms with E-state index < -0.39 is 5.60 Å². The normalized spacial score (nSPS) is 12.0. The topological polar surface area (TPSA) is 55.1 Å². The van der Waals surface area contributed by atoms with Gasteiger partial charge in [0.05, 0.1) is 20.8 Å². The first-order valence-electron chi connectivity index (χ1n) is 8.50. The number of methoxy groups -OCH3 is 2. The van der Waals surface area contributed by atoms with Gasteiger partial charge in [-0.1, -0.05) is 0 Å². The molecule has 0 bridgehead atoms. The smallest absolute Gasteiger partial charge is 0.135 e. The minimum Gasteiger partial charge on any atom is -0.497 e. The van der Waals surface area contributed by atoms with Crippen molar-refractivity contribution in [1.82, 2.24) is 4.90 Å². The minimum absolute atomic E-state index is 0.327. The largest absolute Gasteiger partial charge is 0.497 e. The Kier molecular flexibility index (Phi) is 6.14. The lowest BCUT2D eigenvalue weighted by molar-refractivity contribution is 0.0511. The monoisotopic (exact) mass is 347 g/mol. The van der Waals surface area contributed by atoms with Gasteiger partial charge in [-0.2, -0.15) is 0 Å². The Hall–Kier alpha value is -1.98. The Bertz CT molecular complexity index is 663. The molecule has 1 N–H and O–H groups in total. The molecular weight excluding hydrogens is 318 g/mol. The maximum Gasteiger partial charge on any atom is 0.135 e. The molecule has 1 heterocycles. The maximum atomic E-state index is 10.1. The molecule has 0 unspecified atom stereocenters. The maximum absolute atomic E-state index is 10.1. The lowest BCUT2D eigenvalue weighted by Gasteiger charge is -2.26. The highest BCUT2D eigenvalue weighted by Crippen LogP contribution is 2.26. The highest BCUT2D eigenvalue weighted by molar-refractivity contribution is 5.38. The molecule has 2 rings (SSSR count). The van der Waals surface area contributed by atoms with Crippen LogP contribution in [0.25, 0.3) is 0 Å². The Morgan fingerprint density at radius 3 is 2.08 bits per heavy atom. The van der Waals surface area contributed by atoms with Gasteiger partial charge in [-0.25, -0.2) is 0 Å². The molecule has 0 spiro atoms. The van der Waals surface area contributed by atoms with Crippen LogP contribution in [0.2, 0.25) is 0 Å². The van der Waals surface area contributed by atoms with E-state index >= 15 is 0 Å². The minimum atomic E-state index is -0.971. The standard InChI is InChI=1S/C20H29NO4/c1-14(2)21(13-16-7-8-19(25-16)20(3,4)22)12-15-9-17(23-5)11-18(10-15)24-6/h7-11,14,22H,12-13H2,1-6H3. The summed E-state index contributed by atoms with van der Waals surface area (Å²) in [7, 11) is 3.31. The third-order valence-corrected chi connectivity index (χ3v) is 4.15. The second-order valence-electron chi connectivity index (χ2n) is 7.04. The molecule has 0 aliphatic carbocycles. The summed E-state index contributed by atoms with van der Waals surface area (Å²) in [5.74, 6) is 2.97. The number of nitrogens with zero attached hydrogens (tertiary/aromatic N) is 1. The lowest BCUT2D eigenvalue weighted by atomic mass is 10.1. The van der Waals surface area contributed by atoms with Gasteiger partial charge in [-0.3, -0.25) is 4.90 Å². The zero-order valence-corrected chi connectivity index (χ0v) is 16.0. The second-order valence-corrected chi connectivity index (χ2v) is 7.04. The van der Waals surface area contributed by atoms with E-state index in [9.17, 15) is 5.11 Å². The number of benzene rings is 1. The van der Waals surface area contributed by atoms with Crippen LogP contribution in [0.5, 0.6) is 11.5 Å². The van der Waals surface area contributed by atoms with E-state index in [2.05, 4.69) is 18.7 Å². The van der Waals surface area contributed by atoms with Crippen LogP contribution in [-0.4, -0.2) is 30.3 Å². The van der Waals surface area contributed by atoms with E-state index in [-0.39, 0.29) is 0 Å². The van der Waals surface area contributed by atoms with Gasteiger partial charge in [0.2, 0.25) is 0 Å². The average molecular weight is 347 g/mol. The van der Waals surface area contributed by atoms with Crippen molar-refractivity contribution in [3.8, 4) is 11.5 Å². The van der Waals surface area contributed by atoms with Crippen LogP contribution in [0, 0.1) is 0 Å². The molecule has 0 atom stereocenters. The molecule has 0 radical (unpaired) electrons. The summed E-state index contributed by atoms with van der Waals surface area (Å²) in [6.07, 6.45) is 0. The van der Waals surface area contributed by atoms with Crippen molar-refractivity contribution in [2.24, 2.45) is 0 Å². The van der Waals surface area contributed by atoms with Crippen molar-refractivity contribution in [2.75, 3.05) is 14.2 Å². The summed E-state index contributed by atoms with van der Waals surface area (Å²) in [5.41, 5.74) is 0.139. The first-order valence-corrected chi connectivity index (χ1v) is 8.50. The molecule has 5 heteroatoms. The molecule has 1 aromatic carbocycles. The van der Waals surface area contributed by atoms with E-state index in [1.54, 1.807) is 28.1 Å². The fourth-order valence-corrected chi connectivity index (χ4v) is 2.61. The summed E-state index contributed by atoms with van der Waals surface area (Å²) in [5, 5.41) is 10.1. The number of furan rings is 1. The van der Waals surface area contributed by atoms with E-state index in [4.69, 9.17) is 13.9 Å². The van der Waals surface area contributed by atoms with Crippen LogP contribution in [0.1, 0.15) is 44.8 Å². The fourth-order valence-electron chi connectivity index (χ4n) is 2.61. The highest BCUT2D eigenvalue weighted by Gasteiger charge is 2.21. The zero-order valence-electron chi connectivity index (χ0n) is 16.0. The van der Waals surface area contributed by atoms with Gasteiger partial charge in [0.1, 0.15) is 28.6 Å². The summed E-state index contributed by atoms with van der Waals surface area (Å²) in [6, 6.07) is 9.99. The van der Waals surface area contributed by atoms with Crippen LogP contribution in [0.4, 0.5) is 0 Å². The molecule has 0 amide bonds. The number of hydrogen-bond donors (Lipinski definition) is 1. The first kappa shape index (κ1) is 19.3. The molecule has 0 fully saturated rings. The molecule has 138 valence electrons. The molecule has 25 heavy (non-hydrogen) atoms. The van der Waals surface area contributed by atoms with Gasteiger partial charge < -0.3 is 19.0 Å². The molecule has 2 aromatic rings. The van der Waals surface area contributed by atoms with Crippen LogP contribution >= 0.6 is 0 Å². The Morgan fingerprint density at radius 1 is 1.04 bits per heavy atom. The quantitative estimate of drug-likeness (QED) is 0.784. The van der Waals surface area contributed by atoms with Crippen LogP contribution < -0.4 is 9.47 Å². The SMILES string of the molecule is COc1cc(CN(Cc2ccc(C(C)(C)O)o2)C(C)C)cc(OC)c1. The van der Waals surface area contributed by atoms with Crippen molar-refractivity contribution in [3.05, 3.63) is 47.4 Å². The fraction of sp³-hybridized carbons (Fsp3) is 0.500. The number of hydrogen-bond acceptors (Lipinski definition) is 5. The van der Waals surface area contributed by atoms with Gasteiger partial charge >= 0.3 is 0 Å². The third kappa shape index (κ3) is 5.25. The van der Waals surface area contributed by atoms with Gasteiger partial charge in [-0.15, -0.1) is 0 Å². The molecule has 0 saturated heterocycles. The van der Waals surface area contributed by atoms with Crippen molar-refractivity contribution in [1.29, 1.82) is 0 Å². The Labute approximate surface area is 150 Å². The van der Waals surface area contributed by atoms with Crippen LogP contribution in [0.3, 0.4) is 0 Å². The van der Waals surface area contributed by atoms with E-state index in [1.165, 1.54) is 0 Å². The molecule has 0 saturated carbocycles. The third-order valence-electron chi connectivity index (χ3n) is 4.15. The first-order chi connectivity index (χ1) is 11.7. The van der Waals surface area contributed by atoms with Gasteiger partial charge in [0.15, 0.2) is 0 Å². The summed E-state index contributed by atoms with van der Waals surface area (Å²) in [6.45, 7) is 9.14.